The van der Waals surface area contributed by atoms with Crippen molar-refractivity contribution in [2.24, 2.45) is 0 Å². The molecular formula is C19H12FNO3. The Balaban J connectivity index is 1.72. The van der Waals surface area contributed by atoms with Crippen LogP contribution < -0.4 is 4.74 Å². The molecule has 0 fully saturated rings. The molecule has 2 aromatic carbocycles. The fourth-order valence-electron chi connectivity index (χ4n) is 2.09. The van der Waals surface area contributed by atoms with Gasteiger partial charge in [-0.05, 0) is 60.7 Å². The third-order valence-electron chi connectivity index (χ3n) is 3.31. The lowest BCUT2D eigenvalue weighted by Crippen LogP contribution is -2.10. The van der Waals surface area contributed by atoms with Crippen LogP contribution in [0.2, 0.25) is 0 Å². The van der Waals surface area contributed by atoms with Gasteiger partial charge < -0.3 is 4.74 Å². The lowest BCUT2D eigenvalue weighted by molar-refractivity contribution is 0.0728. The summed E-state index contributed by atoms with van der Waals surface area (Å²) in [5.74, 6) is -0.907. The molecule has 0 aliphatic rings. The van der Waals surface area contributed by atoms with Crippen LogP contribution >= 0.6 is 0 Å². The molecule has 24 heavy (non-hydrogen) atoms. The van der Waals surface area contributed by atoms with E-state index in [1.807, 2.05) is 0 Å². The number of ether oxygens (including phenoxy) is 1. The Morgan fingerprint density at radius 2 is 1.46 bits per heavy atom. The van der Waals surface area contributed by atoms with Crippen LogP contribution in [0.25, 0.3) is 0 Å². The van der Waals surface area contributed by atoms with Gasteiger partial charge in [-0.3, -0.25) is 4.79 Å². The average Bonchev–Trinajstić information content (AvgIpc) is 2.63. The second kappa shape index (κ2) is 6.83. The third kappa shape index (κ3) is 3.52. The number of halogens is 1. The number of benzene rings is 2. The Bertz CT molecular complexity index is 859. The van der Waals surface area contributed by atoms with E-state index in [0.29, 0.717) is 16.9 Å². The smallest absolute Gasteiger partial charge is 0.362 e. The van der Waals surface area contributed by atoms with E-state index in [1.165, 1.54) is 42.6 Å². The van der Waals surface area contributed by atoms with E-state index in [0.717, 1.165) is 0 Å². The summed E-state index contributed by atoms with van der Waals surface area (Å²) in [6.07, 6.45) is 1.50. The number of aromatic nitrogens is 1. The summed E-state index contributed by atoms with van der Waals surface area (Å²) >= 11 is 0. The van der Waals surface area contributed by atoms with Crippen LogP contribution in [0, 0.1) is 5.82 Å². The zero-order valence-electron chi connectivity index (χ0n) is 12.5. The third-order valence-corrected chi connectivity index (χ3v) is 3.31. The van der Waals surface area contributed by atoms with Gasteiger partial charge in [0.15, 0.2) is 5.78 Å². The van der Waals surface area contributed by atoms with Crippen LogP contribution in [0.1, 0.15) is 26.4 Å². The molecule has 0 spiro atoms. The van der Waals surface area contributed by atoms with Crippen LogP contribution in [0.3, 0.4) is 0 Å². The average molecular weight is 321 g/mol. The van der Waals surface area contributed by atoms with Crippen molar-refractivity contribution in [3.05, 3.63) is 95.6 Å². The van der Waals surface area contributed by atoms with Gasteiger partial charge in [-0.1, -0.05) is 6.07 Å². The minimum absolute atomic E-state index is 0.198. The van der Waals surface area contributed by atoms with Crippen molar-refractivity contribution in [1.82, 2.24) is 4.98 Å². The predicted molar refractivity (Wildman–Crippen MR) is 85.5 cm³/mol. The Kier molecular flexibility index (Phi) is 4.43. The molecule has 0 bridgehead atoms. The Labute approximate surface area is 137 Å². The molecule has 0 saturated heterocycles. The van der Waals surface area contributed by atoms with Gasteiger partial charge in [0.25, 0.3) is 0 Å². The van der Waals surface area contributed by atoms with Gasteiger partial charge in [0.1, 0.15) is 17.3 Å². The highest BCUT2D eigenvalue weighted by Crippen LogP contribution is 2.17. The summed E-state index contributed by atoms with van der Waals surface area (Å²) in [7, 11) is 0. The lowest BCUT2D eigenvalue weighted by Gasteiger charge is -2.05. The first-order valence-electron chi connectivity index (χ1n) is 7.17. The number of carbonyl (C=O) groups excluding carboxylic acids is 2. The highest BCUT2D eigenvalue weighted by Gasteiger charge is 2.12. The van der Waals surface area contributed by atoms with Crippen molar-refractivity contribution in [2.45, 2.75) is 0 Å². The number of carbonyl (C=O) groups is 2. The minimum atomic E-state index is -0.576. The number of hydrogen-bond acceptors (Lipinski definition) is 4. The van der Waals surface area contributed by atoms with Crippen LogP contribution in [0.15, 0.2) is 72.9 Å². The molecule has 0 aliphatic carbocycles. The Morgan fingerprint density at radius 1 is 0.833 bits per heavy atom. The summed E-state index contributed by atoms with van der Waals surface area (Å²) in [6.45, 7) is 0. The van der Waals surface area contributed by atoms with Gasteiger partial charge in [0, 0.05) is 17.3 Å². The van der Waals surface area contributed by atoms with Crippen molar-refractivity contribution in [2.75, 3.05) is 0 Å². The number of esters is 1. The summed E-state index contributed by atoms with van der Waals surface area (Å²) < 4.78 is 18.1. The quantitative estimate of drug-likeness (QED) is 0.418. The first-order valence-corrected chi connectivity index (χ1v) is 7.17. The predicted octanol–water partition coefficient (Wildman–Crippen LogP) is 3.67. The molecule has 4 nitrogen and oxygen atoms in total. The second-order valence-corrected chi connectivity index (χ2v) is 4.96. The highest BCUT2D eigenvalue weighted by molar-refractivity contribution is 6.09. The molecule has 3 aromatic rings. The zero-order valence-corrected chi connectivity index (χ0v) is 12.5. The number of rotatable bonds is 4. The van der Waals surface area contributed by atoms with E-state index in [9.17, 15) is 14.0 Å². The topological polar surface area (TPSA) is 56.3 Å². The van der Waals surface area contributed by atoms with Crippen molar-refractivity contribution in [1.29, 1.82) is 0 Å². The Morgan fingerprint density at radius 3 is 2.04 bits per heavy atom. The molecule has 0 saturated carbocycles. The summed E-state index contributed by atoms with van der Waals surface area (Å²) in [6, 6.07) is 16.4. The maximum absolute atomic E-state index is 12.9. The van der Waals surface area contributed by atoms with Crippen molar-refractivity contribution >= 4 is 11.8 Å². The standard InChI is InChI=1S/C19H12FNO3/c20-15-8-4-13(5-9-15)18(22)14-6-10-16(11-7-14)24-19(23)17-3-1-2-12-21-17/h1-12H. The van der Waals surface area contributed by atoms with E-state index >= 15 is 0 Å². The molecule has 0 atom stereocenters. The second-order valence-electron chi connectivity index (χ2n) is 4.96. The van der Waals surface area contributed by atoms with Gasteiger partial charge in [-0.2, -0.15) is 0 Å². The van der Waals surface area contributed by atoms with E-state index in [4.69, 9.17) is 4.74 Å². The van der Waals surface area contributed by atoms with Crippen LogP contribution in [-0.4, -0.2) is 16.7 Å². The first-order chi connectivity index (χ1) is 11.6. The molecule has 0 aliphatic heterocycles. The summed E-state index contributed by atoms with van der Waals surface area (Å²) in [5.41, 5.74) is 0.998. The monoisotopic (exact) mass is 321 g/mol. The van der Waals surface area contributed by atoms with E-state index in [1.54, 1.807) is 30.3 Å². The fraction of sp³-hybridized carbons (Fsp3) is 0. The van der Waals surface area contributed by atoms with E-state index in [2.05, 4.69) is 4.98 Å². The largest absolute Gasteiger partial charge is 0.422 e. The molecule has 0 N–H and O–H groups in total. The molecule has 0 radical (unpaired) electrons. The number of hydrogen-bond donors (Lipinski definition) is 0. The van der Waals surface area contributed by atoms with Crippen LogP contribution in [0.4, 0.5) is 4.39 Å². The highest BCUT2D eigenvalue weighted by atomic mass is 19.1. The van der Waals surface area contributed by atoms with Crippen LogP contribution in [0.5, 0.6) is 5.75 Å². The van der Waals surface area contributed by atoms with Gasteiger partial charge in [-0.25, -0.2) is 14.2 Å². The molecular weight excluding hydrogens is 309 g/mol. The maximum atomic E-state index is 12.9. The molecule has 1 heterocycles. The van der Waals surface area contributed by atoms with E-state index < -0.39 is 11.8 Å². The molecule has 0 unspecified atom stereocenters. The number of ketones is 1. The number of nitrogens with zero attached hydrogens (tertiary/aromatic N) is 1. The molecule has 3 rings (SSSR count). The van der Waals surface area contributed by atoms with Gasteiger partial charge in [0.2, 0.25) is 0 Å². The normalized spacial score (nSPS) is 10.2. The van der Waals surface area contributed by atoms with Crippen LogP contribution in [-0.2, 0) is 0 Å². The minimum Gasteiger partial charge on any atom is -0.422 e. The fourth-order valence-corrected chi connectivity index (χ4v) is 2.09. The Hall–Kier alpha value is -3.34. The zero-order chi connectivity index (χ0) is 16.9. The summed E-state index contributed by atoms with van der Waals surface area (Å²) in [5, 5.41) is 0. The van der Waals surface area contributed by atoms with Crippen molar-refractivity contribution < 1.29 is 18.7 Å². The van der Waals surface area contributed by atoms with Crippen molar-refractivity contribution in [3.63, 3.8) is 0 Å². The van der Waals surface area contributed by atoms with Gasteiger partial charge >= 0.3 is 5.97 Å². The number of pyridine rings is 1. The van der Waals surface area contributed by atoms with Gasteiger partial charge in [0.05, 0.1) is 0 Å². The molecule has 1 aromatic heterocycles. The van der Waals surface area contributed by atoms with Crippen molar-refractivity contribution in [3.8, 4) is 5.75 Å². The first kappa shape index (κ1) is 15.6. The lowest BCUT2D eigenvalue weighted by atomic mass is 10.0. The maximum Gasteiger partial charge on any atom is 0.362 e. The van der Waals surface area contributed by atoms with E-state index in [-0.39, 0.29) is 11.5 Å². The SMILES string of the molecule is O=C(c1ccc(F)cc1)c1ccc(OC(=O)c2ccccn2)cc1. The molecule has 118 valence electrons. The summed E-state index contributed by atoms with van der Waals surface area (Å²) in [4.78, 5) is 28.1. The molecule has 5 heteroatoms. The molecule has 0 amide bonds. The van der Waals surface area contributed by atoms with Gasteiger partial charge in [-0.15, -0.1) is 0 Å².